The van der Waals surface area contributed by atoms with Crippen LogP contribution in [0.1, 0.15) is 16.8 Å². The van der Waals surface area contributed by atoms with Crippen LogP contribution in [0.25, 0.3) is 10.9 Å². The Morgan fingerprint density at radius 3 is 2.86 bits per heavy atom. The molecule has 0 saturated carbocycles. The van der Waals surface area contributed by atoms with Crippen molar-refractivity contribution in [3.8, 4) is 0 Å². The van der Waals surface area contributed by atoms with Crippen molar-refractivity contribution in [3.05, 3.63) is 36.0 Å². The maximum atomic E-state index is 11.4. The lowest BCUT2D eigenvalue weighted by atomic mass is 10.1. The SMILES string of the molecule is COCC(CCO)Nc1c(C(=O)O)cnc2ccccc12. The number of fused-ring (bicyclic) bond motifs is 1. The molecule has 0 aliphatic carbocycles. The summed E-state index contributed by atoms with van der Waals surface area (Å²) in [5.41, 5.74) is 1.32. The third-order valence-electron chi connectivity index (χ3n) is 3.20. The number of benzene rings is 1. The summed E-state index contributed by atoms with van der Waals surface area (Å²) >= 11 is 0. The number of aromatic carboxylic acids is 1. The zero-order valence-corrected chi connectivity index (χ0v) is 11.7. The van der Waals surface area contributed by atoms with E-state index < -0.39 is 5.97 Å². The molecule has 1 atom stereocenters. The average Bonchev–Trinajstić information content (AvgIpc) is 2.47. The number of aliphatic hydroxyl groups excluding tert-OH is 1. The highest BCUT2D eigenvalue weighted by Crippen LogP contribution is 2.27. The Bertz CT molecular complexity index is 624. The van der Waals surface area contributed by atoms with Gasteiger partial charge in [0.2, 0.25) is 0 Å². The van der Waals surface area contributed by atoms with Gasteiger partial charge in [0.25, 0.3) is 0 Å². The van der Waals surface area contributed by atoms with Gasteiger partial charge in [0.1, 0.15) is 5.56 Å². The average molecular weight is 290 g/mol. The molecule has 0 spiro atoms. The van der Waals surface area contributed by atoms with E-state index in [1.165, 1.54) is 6.20 Å². The van der Waals surface area contributed by atoms with E-state index in [1.807, 2.05) is 24.3 Å². The van der Waals surface area contributed by atoms with Crippen LogP contribution in [-0.2, 0) is 4.74 Å². The number of hydrogen-bond donors (Lipinski definition) is 3. The Kier molecular flexibility index (Phi) is 5.08. The second kappa shape index (κ2) is 7.01. The topological polar surface area (TPSA) is 91.7 Å². The van der Waals surface area contributed by atoms with E-state index in [-0.39, 0.29) is 18.2 Å². The molecule has 0 aliphatic rings. The molecular weight excluding hydrogens is 272 g/mol. The molecule has 0 saturated heterocycles. The number of para-hydroxylation sites is 1. The molecule has 1 aromatic carbocycles. The van der Waals surface area contributed by atoms with E-state index in [4.69, 9.17) is 9.84 Å². The van der Waals surface area contributed by atoms with Crippen LogP contribution >= 0.6 is 0 Å². The van der Waals surface area contributed by atoms with E-state index in [9.17, 15) is 9.90 Å². The highest BCUT2D eigenvalue weighted by atomic mass is 16.5. The minimum atomic E-state index is -1.05. The summed E-state index contributed by atoms with van der Waals surface area (Å²) in [5, 5.41) is 22.3. The van der Waals surface area contributed by atoms with E-state index in [1.54, 1.807) is 7.11 Å². The number of aliphatic hydroxyl groups is 1. The highest BCUT2D eigenvalue weighted by molar-refractivity contribution is 6.04. The molecule has 6 nitrogen and oxygen atoms in total. The van der Waals surface area contributed by atoms with Crippen molar-refractivity contribution in [1.82, 2.24) is 4.98 Å². The van der Waals surface area contributed by atoms with Crippen molar-refractivity contribution in [3.63, 3.8) is 0 Å². The minimum Gasteiger partial charge on any atom is -0.478 e. The second-order valence-corrected chi connectivity index (χ2v) is 4.68. The van der Waals surface area contributed by atoms with E-state index in [2.05, 4.69) is 10.3 Å². The van der Waals surface area contributed by atoms with Crippen molar-refractivity contribution in [2.24, 2.45) is 0 Å². The monoisotopic (exact) mass is 290 g/mol. The summed E-state index contributed by atoms with van der Waals surface area (Å²) in [4.78, 5) is 15.6. The van der Waals surface area contributed by atoms with Crippen molar-refractivity contribution < 1.29 is 19.7 Å². The van der Waals surface area contributed by atoms with E-state index >= 15 is 0 Å². The number of ether oxygens (including phenoxy) is 1. The van der Waals surface area contributed by atoms with Crippen LogP contribution in [0.5, 0.6) is 0 Å². The zero-order chi connectivity index (χ0) is 15.2. The molecule has 21 heavy (non-hydrogen) atoms. The van der Waals surface area contributed by atoms with Gasteiger partial charge in [-0.1, -0.05) is 18.2 Å². The largest absolute Gasteiger partial charge is 0.478 e. The number of methoxy groups -OCH3 is 1. The highest BCUT2D eigenvalue weighted by Gasteiger charge is 2.17. The Morgan fingerprint density at radius 1 is 1.43 bits per heavy atom. The summed E-state index contributed by atoms with van der Waals surface area (Å²) < 4.78 is 5.10. The molecule has 0 aliphatic heterocycles. The summed E-state index contributed by atoms with van der Waals surface area (Å²) in [6.07, 6.45) is 1.80. The number of nitrogens with zero attached hydrogens (tertiary/aromatic N) is 1. The first-order valence-corrected chi connectivity index (χ1v) is 6.64. The fraction of sp³-hybridized carbons (Fsp3) is 0.333. The van der Waals surface area contributed by atoms with Gasteiger partial charge < -0.3 is 20.3 Å². The number of rotatable bonds is 7. The Balaban J connectivity index is 2.47. The van der Waals surface area contributed by atoms with Crippen molar-refractivity contribution >= 4 is 22.6 Å². The van der Waals surface area contributed by atoms with Gasteiger partial charge >= 0.3 is 5.97 Å². The van der Waals surface area contributed by atoms with Gasteiger partial charge in [-0.15, -0.1) is 0 Å². The predicted octanol–water partition coefficient (Wildman–Crippen LogP) is 1.74. The first kappa shape index (κ1) is 15.2. The standard InChI is InChI=1S/C15H18N2O4/c1-21-9-10(6-7-18)17-14-11-4-2-3-5-13(11)16-8-12(14)15(19)20/h2-5,8,10,18H,6-7,9H2,1H3,(H,16,17)(H,19,20). The first-order valence-electron chi connectivity index (χ1n) is 6.64. The second-order valence-electron chi connectivity index (χ2n) is 4.68. The fourth-order valence-electron chi connectivity index (χ4n) is 2.22. The van der Waals surface area contributed by atoms with E-state index in [0.717, 1.165) is 5.39 Å². The molecule has 112 valence electrons. The van der Waals surface area contributed by atoms with Gasteiger partial charge in [0, 0.05) is 25.3 Å². The summed E-state index contributed by atoms with van der Waals surface area (Å²) in [6, 6.07) is 7.14. The van der Waals surface area contributed by atoms with Crippen molar-refractivity contribution in [2.75, 3.05) is 25.6 Å². The smallest absolute Gasteiger partial charge is 0.339 e. The summed E-state index contributed by atoms with van der Waals surface area (Å²) in [6.45, 7) is 0.364. The number of carboxylic acid groups (broad SMARTS) is 1. The van der Waals surface area contributed by atoms with Gasteiger partial charge in [0.05, 0.1) is 23.9 Å². The number of anilines is 1. The molecule has 0 fully saturated rings. The van der Waals surface area contributed by atoms with Gasteiger partial charge in [0.15, 0.2) is 0 Å². The number of carboxylic acids is 1. The molecule has 6 heteroatoms. The minimum absolute atomic E-state index is 0.00749. The number of aromatic nitrogens is 1. The number of carbonyl (C=O) groups is 1. The molecule has 1 aromatic heterocycles. The van der Waals surface area contributed by atoms with Crippen LogP contribution in [0.4, 0.5) is 5.69 Å². The van der Waals surface area contributed by atoms with Gasteiger partial charge in [-0.05, 0) is 12.5 Å². The Labute approximate surface area is 122 Å². The fourth-order valence-corrected chi connectivity index (χ4v) is 2.22. The number of pyridine rings is 1. The van der Waals surface area contributed by atoms with Crippen LogP contribution in [0.3, 0.4) is 0 Å². The van der Waals surface area contributed by atoms with Crippen LogP contribution in [0.2, 0.25) is 0 Å². The quantitative estimate of drug-likeness (QED) is 0.719. The lowest BCUT2D eigenvalue weighted by molar-refractivity contribution is 0.0697. The van der Waals surface area contributed by atoms with Crippen LogP contribution in [-0.4, -0.2) is 47.5 Å². The molecule has 3 N–H and O–H groups in total. The van der Waals surface area contributed by atoms with Gasteiger partial charge in [-0.2, -0.15) is 0 Å². The maximum Gasteiger partial charge on any atom is 0.339 e. The van der Waals surface area contributed by atoms with Crippen molar-refractivity contribution in [2.45, 2.75) is 12.5 Å². The molecular formula is C15H18N2O4. The van der Waals surface area contributed by atoms with E-state index in [0.29, 0.717) is 24.2 Å². The molecule has 0 radical (unpaired) electrons. The lowest BCUT2D eigenvalue weighted by Gasteiger charge is -2.20. The molecule has 2 rings (SSSR count). The van der Waals surface area contributed by atoms with Gasteiger partial charge in [-0.25, -0.2) is 4.79 Å². The number of hydrogen-bond acceptors (Lipinski definition) is 5. The maximum absolute atomic E-state index is 11.4. The molecule has 2 aromatic rings. The lowest BCUT2D eigenvalue weighted by Crippen LogP contribution is -2.27. The van der Waals surface area contributed by atoms with Gasteiger partial charge in [-0.3, -0.25) is 4.98 Å². The van der Waals surface area contributed by atoms with Crippen LogP contribution < -0.4 is 5.32 Å². The third-order valence-corrected chi connectivity index (χ3v) is 3.20. The first-order chi connectivity index (χ1) is 10.2. The third kappa shape index (κ3) is 3.48. The summed E-state index contributed by atoms with van der Waals surface area (Å²) in [7, 11) is 1.56. The molecule has 1 unspecified atom stereocenters. The molecule has 1 heterocycles. The molecule has 0 amide bonds. The number of nitrogens with one attached hydrogen (secondary N) is 1. The Hall–Kier alpha value is -2.18. The summed E-state index contributed by atoms with van der Waals surface area (Å²) in [5.74, 6) is -1.05. The predicted molar refractivity (Wildman–Crippen MR) is 79.7 cm³/mol. The zero-order valence-electron chi connectivity index (χ0n) is 11.7. The normalized spacial score (nSPS) is 12.3. The Morgan fingerprint density at radius 2 is 2.19 bits per heavy atom. The molecule has 0 bridgehead atoms. The van der Waals surface area contributed by atoms with Crippen molar-refractivity contribution in [1.29, 1.82) is 0 Å². The van der Waals surface area contributed by atoms with Crippen LogP contribution in [0.15, 0.2) is 30.5 Å². The van der Waals surface area contributed by atoms with Crippen LogP contribution in [0, 0.1) is 0 Å².